The second kappa shape index (κ2) is 11.0. The summed E-state index contributed by atoms with van der Waals surface area (Å²) in [5.74, 6) is -0.224. The molecular formula is C23H33FN2O. The molecule has 4 heteroatoms. The van der Waals surface area contributed by atoms with E-state index >= 15 is 0 Å². The van der Waals surface area contributed by atoms with Crippen LogP contribution in [-0.4, -0.2) is 32.6 Å². The lowest BCUT2D eigenvalue weighted by atomic mass is 9.75. The lowest BCUT2D eigenvalue weighted by Gasteiger charge is -2.40. The van der Waals surface area contributed by atoms with Crippen LogP contribution in [0.25, 0.3) is 0 Å². The van der Waals surface area contributed by atoms with Gasteiger partial charge in [-0.2, -0.15) is 5.26 Å². The van der Waals surface area contributed by atoms with Gasteiger partial charge in [0, 0.05) is 18.6 Å². The van der Waals surface area contributed by atoms with Crippen LogP contribution in [0.15, 0.2) is 47.6 Å². The van der Waals surface area contributed by atoms with Gasteiger partial charge in [-0.1, -0.05) is 37.6 Å². The van der Waals surface area contributed by atoms with Crippen LogP contribution in [0.1, 0.15) is 45.6 Å². The molecule has 3 nitrogen and oxygen atoms in total. The minimum atomic E-state index is -0.572. The normalized spacial score (nSPS) is 16.1. The molecule has 0 amide bonds. The fourth-order valence-electron chi connectivity index (χ4n) is 3.49. The smallest absolute Gasteiger partial charge is 0.123 e. The predicted octanol–water partition coefficient (Wildman–Crippen LogP) is 5.45. The molecule has 27 heavy (non-hydrogen) atoms. The summed E-state index contributed by atoms with van der Waals surface area (Å²) in [6.07, 6.45) is 6.44. The minimum absolute atomic E-state index is 0.0312. The molecule has 0 spiro atoms. The monoisotopic (exact) mass is 372 g/mol. The van der Waals surface area contributed by atoms with Crippen molar-refractivity contribution in [1.82, 2.24) is 4.90 Å². The van der Waals surface area contributed by atoms with E-state index in [1.165, 1.54) is 12.1 Å². The standard InChI is InChI=1S/C23H33FN2O/c1-7-9-20(17-25)16-18(2)19(3)23(27-6,14-8-15-26(4)5)21-10-12-22(24)13-11-21/h9-13,16,19H,7-8,14-15H2,1-6H3/b18-16-,20-9+. The second-order valence-corrected chi connectivity index (χ2v) is 7.30. The van der Waals surface area contributed by atoms with Gasteiger partial charge in [0.25, 0.3) is 0 Å². The van der Waals surface area contributed by atoms with Gasteiger partial charge in [-0.15, -0.1) is 0 Å². The van der Waals surface area contributed by atoms with Crippen LogP contribution >= 0.6 is 0 Å². The first kappa shape index (κ1) is 23.1. The van der Waals surface area contributed by atoms with Gasteiger partial charge in [0.05, 0.1) is 11.7 Å². The lowest BCUT2D eigenvalue weighted by Crippen LogP contribution is -2.37. The van der Waals surface area contributed by atoms with Gasteiger partial charge < -0.3 is 9.64 Å². The third-order valence-electron chi connectivity index (χ3n) is 5.17. The molecule has 1 aromatic rings. The molecule has 0 saturated carbocycles. The highest BCUT2D eigenvalue weighted by molar-refractivity contribution is 5.37. The number of allylic oxidation sites excluding steroid dienone is 3. The Hall–Kier alpha value is -1.96. The van der Waals surface area contributed by atoms with E-state index in [0.717, 1.165) is 36.9 Å². The number of nitriles is 1. The fraction of sp³-hybridized carbons (Fsp3) is 0.522. The van der Waals surface area contributed by atoms with E-state index in [2.05, 4.69) is 32.0 Å². The van der Waals surface area contributed by atoms with Crippen molar-refractivity contribution < 1.29 is 9.13 Å². The first-order valence-electron chi connectivity index (χ1n) is 9.55. The molecule has 0 aromatic heterocycles. The van der Waals surface area contributed by atoms with Crippen LogP contribution < -0.4 is 0 Å². The van der Waals surface area contributed by atoms with Crippen molar-refractivity contribution in [1.29, 1.82) is 5.26 Å². The number of nitrogens with zero attached hydrogens (tertiary/aromatic N) is 2. The highest BCUT2D eigenvalue weighted by Crippen LogP contribution is 2.41. The topological polar surface area (TPSA) is 36.3 Å². The van der Waals surface area contributed by atoms with Crippen molar-refractivity contribution in [2.24, 2.45) is 5.92 Å². The SMILES string of the molecule is CC/C=C(C#N)\C=C(\C)C(C)C(CCCN(C)C)(OC)c1ccc(F)cc1. The van der Waals surface area contributed by atoms with Gasteiger partial charge in [0.1, 0.15) is 5.82 Å². The minimum Gasteiger partial charge on any atom is -0.373 e. The van der Waals surface area contributed by atoms with Gasteiger partial charge in [0.2, 0.25) is 0 Å². The van der Waals surface area contributed by atoms with Crippen LogP contribution in [0.5, 0.6) is 0 Å². The summed E-state index contributed by atoms with van der Waals surface area (Å²) in [5, 5.41) is 9.36. The van der Waals surface area contributed by atoms with E-state index < -0.39 is 5.60 Å². The van der Waals surface area contributed by atoms with E-state index in [4.69, 9.17) is 4.74 Å². The van der Waals surface area contributed by atoms with Crippen molar-refractivity contribution in [2.45, 2.75) is 45.6 Å². The van der Waals surface area contributed by atoms with Crippen molar-refractivity contribution >= 4 is 0 Å². The number of halogens is 1. The Morgan fingerprint density at radius 3 is 2.44 bits per heavy atom. The first-order valence-corrected chi connectivity index (χ1v) is 9.55. The number of hydrogen-bond donors (Lipinski definition) is 0. The zero-order valence-corrected chi connectivity index (χ0v) is 17.6. The molecule has 2 unspecified atom stereocenters. The van der Waals surface area contributed by atoms with E-state index in [9.17, 15) is 9.65 Å². The Labute approximate surface area is 164 Å². The molecule has 0 aliphatic carbocycles. The Kier molecular flexibility index (Phi) is 9.41. The zero-order valence-electron chi connectivity index (χ0n) is 17.6. The van der Waals surface area contributed by atoms with Crippen LogP contribution in [0, 0.1) is 23.1 Å². The molecule has 0 fully saturated rings. The quantitative estimate of drug-likeness (QED) is 0.405. The molecule has 1 aromatic carbocycles. The molecule has 1 rings (SSSR count). The largest absolute Gasteiger partial charge is 0.373 e. The molecule has 0 radical (unpaired) electrons. The Morgan fingerprint density at radius 2 is 1.96 bits per heavy atom. The highest BCUT2D eigenvalue weighted by Gasteiger charge is 2.38. The first-order chi connectivity index (χ1) is 12.8. The maximum absolute atomic E-state index is 13.5. The van der Waals surface area contributed by atoms with E-state index in [1.54, 1.807) is 7.11 Å². The summed E-state index contributed by atoms with van der Waals surface area (Å²) in [5.41, 5.74) is 2.13. The van der Waals surface area contributed by atoms with Crippen molar-refractivity contribution in [2.75, 3.05) is 27.7 Å². The molecule has 0 saturated heterocycles. The van der Waals surface area contributed by atoms with Gasteiger partial charge in [-0.05, 0) is 70.6 Å². The second-order valence-electron chi connectivity index (χ2n) is 7.30. The van der Waals surface area contributed by atoms with Crippen LogP contribution in [0.3, 0.4) is 0 Å². The van der Waals surface area contributed by atoms with Gasteiger partial charge in [-0.3, -0.25) is 0 Å². The number of ether oxygens (including phenoxy) is 1. The average Bonchev–Trinajstić information content (AvgIpc) is 2.65. The zero-order chi connectivity index (χ0) is 20.4. The van der Waals surface area contributed by atoms with Crippen molar-refractivity contribution in [3.63, 3.8) is 0 Å². The molecule has 0 aliphatic rings. The summed E-state index contributed by atoms with van der Waals surface area (Å²) in [4.78, 5) is 2.15. The molecular weight excluding hydrogens is 339 g/mol. The lowest BCUT2D eigenvalue weighted by molar-refractivity contribution is -0.0572. The fourth-order valence-corrected chi connectivity index (χ4v) is 3.49. The number of hydrogen-bond acceptors (Lipinski definition) is 3. The highest BCUT2D eigenvalue weighted by atomic mass is 19.1. The van der Waals surface area contributed by atoms with Gasteiger partial charge in [0.15, 0.2) is 0 Å². The molecule has 148 valence electrons. The van der Waals surface area contributed by atoms with E-state index in [-0.39, 0.29) is 11.7 Å². The van der Waals surface area contributed by atoms with Crippen LogP contribution in [0.2, 0.25) is 0 Å². The van der Waals surface area contributed by atoms with Crippen molar-refractivity contribution in [3.05, 3.63) is 58.9 Å². The van der Waals surface area contributed by atoms with E-state index in [0.29, 0.717) is 5.57 Å². The summed E-state index contributed by atoms with van der Waals surface area (Å²) in [6.45, 7) is 7.12. The molecule has 0 heterocycles. The van der Waals surface area contributed by atoms with Gasteiger partial charge >= 0.3 is 0 Å². The number of methoxy groups -OCH3 is 1. The summed E-state index contributed by atoms with van der Waals surface area (Å²) < 4.78 is 19.6. The molecule has 2 atom stereocenters. The third kappa shape index (κ3) is 6.30. The maximum atomic E-state index is 13.5. The molecule has 0 aliphatic heterocycles. The van der Waals surface area contributed by atoms with Crippen LogP contribution in [-0.2, 0) is 10.3 Å². The maximum Gasteiger partial charge on any atom is 0.123 e. The third-order valence-corrected chi connectivity index (χ3v) is 5.17. The Bertz CT molecular complexity index is 685. The van der Waals surface area contributed by atoms with Crippen molar-refractivity contribution in [3.8, 4) is 6.07 Å². The van der Waals surface area contributed by atoms with E-state index in [1.807, 2.05) is 38.1 Å². The van der Waals surface area contributed by atoms with Gasteiger partial charge in [-0.25, -0.2) is 4.39 Å². The average molecular weight is 373 g/mol. The Balaban J connectivity index is 3.33. The molecule has 0 N–H and O–H groups in total. The number of rotatable bonds is 10. The number of benzene rings is 1. The van der Waals surface area contributed by atoms with Crippen LogP contribution in [0.4, 0.5) is 4.39 Å². The predicted molar refractivity (Wildman–Crippen MR) is 110 cm³/mol. The summed E-state index contributed by atoms with van der Waals surface area (Å²) in [6, 6.07) is 8.84. The summed E-state index contributed by atoms with van der Waals surface area (Å²) >= 11 is 0. The molecule has 0 bridgehead atoms. The Morgan fingerprint density at radius 1 is 1.33 bits per heavy atom. The summed E-state index contributed by atoms with van der Waals surface area (Å²) in [7, 11) is 5.82.